The van der Waals surface area contributed by atoms with Gasteiger partial charge < -0.3 is 24.6 Å². The molecule has 1 fully saturated rings. The fourth-order valence-corrected chi connectivity index (χ4v) is 4.23. The Morgan fingerprint density at radius 3 is 2.51 bits per heavy atom. The Bertz CT molecular complexity index is 1130. The third-order valence-electron chi connectivity index (χ3n) is 6.30. The molecule has 190 valence electrons. The minimum Gasteiger partial charge on any atom is -0.496 e. The highest BCUT2D eigenvalue weighted by Gasteiger charge is 2.65. The van der Waals surface area contributed by atoms with Crippen LogP contribution < -0.4 is 10.1 Å². The first-order valence-corrected chi connectivity index (χ1v) is 10.5. The summed E-state index contributed by atoms with van der Waals surface area (Å²) in [6, 6.07) is 4.73. The monoisotopic (exact) mass is 500 g/mol. The number of aliphatic hydroxyl groups is 1. The van der Waals surface area contributed by atoms with Crippen molar-refractivity contribution in [3.63, 3.8) is 0 Å². The molecule has 1 aromatic heterocycles. The number of aromatic nitrogens is 1. The lowest BCUT2D eigenvalue weighted by Gasteiger charge is -2.32. The number of aliphatic hydroxyl groups excluding tert-OH is 1. The number of esters is 1. The summed E-state index contributed by atoms with van der Waals surface area (Å²) in [6.45, 7) is 1.34. The van der Waals surface area contributed by atoms with Gasteiger partial charge in [-0.1, -0.05) is 13.0 Å². The van der Waals surface area contributed by atoms with Gasteiger partial charge >= 0.3 is 12.1 Å². The first-order valence-electron chi connectivity index (χ1n) is 10.5. The molecule has 2 heterocycles. The number of alkyl halides is 3. The van der Waals surface area contributed by atoms with Crippen molar-refractivity contribution in [2.45, 2.75) is 44.3 Å². The fraction of sp³-hybridized carbons (Fsp3) is 0.435. The molecule has 0 bridgehead atoms. The second kappa shape index (κ2) is 9.78. The number of hydrogen-bond acceptors (Lipinski definition) is 7. The van der Waals surface area contributed by atoms with Crippen molar-refractivity contribution in [3.05, 3.63) is 53.1 Å². The van der Waals surface area contributed by atoms with Crippen LogP contribution in [0.2, 0.25) is 0 Å². The number of anilines is 1. The first kappa shape index (κ1) is 26.4. The van der Waals surface area contributed by atoms with Crippen molar-refractivity contribution < 1.29 is 46.5 Å². The SMILES string of the molecule is COC(=O)c1cc(NC(=O)[C@@H]2O[C@@](C)(C(F)(F)F)[C@@H](C)[C@H]2c2ccc(F)c(CO)c2OC)ccn1. The van der Waals surface area contributed by atoms with Crippen molar-refractivity contribution in [3.8, 4) is 5.75 Å². The van der Waals surface area contributed by atoms with Gasteiger partial charge in [0.05, 0.1) is 26.4 Å². The second-order valence-electron chi connectivity index (χ2n) is 8.17. The van der Waals surface area contributed by atoms with Gasteiger partial charge in [0.1, 0.15) is 23.4 Å². The molecule has 3 rings (SSSR count). The zero-order valence-corrected chi connectivity index (χ0v) is 19.3. The van der Waals surface area contributed by atoms with E-state index in [0.29, 0.717) is 0 Å². The van der Waals surface area contributed by atoms with Crippen molar-refractivity contribution >= 4 is 17.6 Å². The summed E-state index contributed by atoms with van der Waals surface area (Å²) >= 11 is 0. The van der Waals surface area contributed by atoms with E-state index in [1.807, 2.05) is 0 Å². The molecule has 12 heteroatoms. The topological polar surface area (TPSA) is 107 Å². The van der Waals surface area contributed by atoms with Crippen LogP contribution in [-0.4, -0.2) is 54.1 Å². The Labute approximate surface area is 198 Å². The maximum atomic E-state index is 14.2. The number of rotatable bonds is 6. The van der Waals surface area contributed by atoms with Crippen LogP contribution in [-0.2, 0) is 20.9 Å². The third kappa shape index (κ3) is 4.67. The zero-order chi connectivity index (χ0) is 26.1. The molecule has 1 amide bonds. The molecule has 8 nitrogen and oxygen atoms in total. The standard InChI is InChI=1S/C23H24F4N2O6/c1-11-17(13-5-6-15(24)14(10-30)18(13)33-3)19(35-22(11,2)23(25,26)27)20(31)29-12-7-8-28-16(9-12)21(32)34-4/h5-9,11,17,19,30H,10H2,1-4H3,(H,28,29,31)/t11-,17-,19+,22+/m0/s1. The van der Waals surface area contributed by atoms with E-state index in [9.17, 15) is 32.3 Å². The van der Waals surface area contributed by atoms with Crippen molar-refractivity contribution in [2.75, 3.05) is 19.5 Å². The molecule has 0 radical (unpaired) electrons. The number of benzene rings is 1. The van der Waals surface area contributed by atoms with Gasteiger partial charge in [-0.25, -0.2) is 14.2 Å². The molecule has 1 saturated heterocycles. The molecule has 2 aromatic rings. The van der Waals surface area contributed by atoms with Crippen LogP contribution in [0.4, 0.5) is 23.2 Å². The number of carbonyl (C=O) groups is 2. The molecule has 0 saturated carbocycles. The zero-order valence-electron chi connectivity index (χ0n) is 19.3. The molecule has 0 spiro atoms. The smallest absolute Gasteiger partial charge is 0.417 e. The largest absolute Gasteiger partial charge is 0.496 e. The van der Waals surface area contributed by atoms with E-state index >= 15 is 0 Å². The predicted molar refractivity (Wildman–Crippen MR) is 114 cm³/mol. The summed E-state index contributed by atoms with van der Waals surface area (Å²) in [5.74, 6) is -5.24. The van der Waals surface area contributed by atoms with E-state index in [2.05, 4.69) is 15.0 Å². The number of carbonyl (C=O) groups excluding carboxylic acids is 2. The quantitative estimate of drug-likeness (QED) is 0.461. The highest BCUT2D eigenvalue weighted by atomic mass is 19.4. The van der Waals surface area contributed by atoms with Crippen LogP contribution in [0.5, 0.6) is 5.75 Å². The number of ether oxygens (including phenoxy) is 3. The third-order valence-corrected chi connectivity index (χ3v) is 6.30. The van der Waals surface area contributed by atoms with Gasteiger partial charge in [0.2, 0.25) is 0 Å². The van der Waals surface area contributed by atoms with Gasteiger partial charge in [0.15, 0.2) is 5.60 Å². The summed E-state index contributed by atoms with van der Waals surface area (Å²) < 4.78 is 71.7. The molecule has 0 unspecified atom stereocenters. The van der Waals surface area contributed by atoms with Crippen LogP contribution in [0.1, 0.15) is 41.4 Å². The highest BCUT2D eigenvalue weighted by Crippen LogP contribution is 2.55. The Kier molecular flexibility index (Phi) is 7.37. The van der Waals surface area contributed by atoms with Crippen LogP contribution >= 0.6 is 0 Å². The molecule has 4 atom stereocenters. The lowest BCUT2D eigenvalue weighted by Crippen LogP contribution is -2.47. The number of amides is 1. The van der Waals surface area contributed by atoms with Crippen molar-refractivity contribution in [1.29, 1.82) is 0 Å². The molecular weight excluding hydrogens is 476 g/mol. The van der Waals surface area contributed by atoms with Crippen molar-refractivity contribution in [1.82, 2.24) is 4.98 Å². The predicted octanol–water partition coefficient (Wildman–Crippen LogP) is 3.59. The minimum atomic E-state index is -4.85. The average molecular weight is 500 g/mol. The van der Waals surface area contributed by atoms with Crippen LogP contribution in [0.25, 0.3) is 0 Å². The Morgan fingerprint density at radius 1 is 1.26 bits per heavy atom. The minimum absolute atomic E-state index is 0.0723. The highest BCUT2D eigenvalue weighted by molar-refractivity contribution is 5.96. The lowest BCUT2D eigenvalue weighted by atomic mass is 9.76. The Hall–Kier alpha value is -3.25. The van der Waals surface area contributed by atoms with E-state index in [1.54, 1.807) is 0 Å². The van der Waals surface area contributed by atoms with Gasteiger partial charge in [0, 0.05) is 29.3 Å². The van der Waals surface area contributed by atoms with Gasteiger partial charge in [-0.15, -0.1) is 0 Å². The summed E-state index contributed by atoms with van der Waals surface area (Å²) in [6.07, 6.45) is -5.31. The van der Waals surface area contributed by atoms with Gasteiger partial charge in [0.25, 0.3) is 5.91 Å². The van der Waals surface area contributed by atoms with E-state index in [4.69, 9.17) is 9.47 Å². The van der Waals surface area contributed by atoms with Gasteiger partial charge in [-0.3, -0.25) is 4.79 Å². The van der Waals surface area contributed by atoms with E-state index in [-0.39, 0.29) is 28.3 Å². The molecule has 1 aromatic carbocycles. The van der Waals surface area contributed by atoms with Crippen molar-refractivity contribution in [2.24, 2.45) is 5.92 Å². The molecule has 0 aliphatic carbocycles. The molecule has 1 aliphatic heterocycles. The van der Waals surface area contributed by atoms with Crippen LogP contribution in [0.3, 0.4) is 0 Å². The van der Waals surface area contributed by atoms with E-state index < -0.39 is 54.0 Å². The number of nitrogens with one attached hydrogen (secondary N) is 1. The van der Waals surface area contributed by atoms with Gasteiger partial charge in [-0.05, 0) is 25.1 Å². The maximum Gasteiger partial charge on any atom is 0.417 e. The first-order chi connectivity index (χ1) is 16.4. The molecule has 1 aliphatic rings. The molecule has 35 heavy (non-hydrogen) atoms. The summed E-state index contributed by atoms with van der Waals surface area (Å²) in [5.41, 5.74) is -2.97. The summed E-state index contributed by atoms with van der Waals surface area (Å²) in [5, 5.41) is 12.0. The van der Waals surface area contributed by atoms with Crippen LogP contribution in [0.15, 0.2) is 30.5 Å². The second-order valence-corrected chi connectivity index (χ2v) is 8.17. The number of halogens is 4. The normalized spacial score (nSPS) is 24.2. The lowest BCUT2D eigenvalue weighted by molar-refractivity contribution is -0.272. The van der Waals surface area contributed by atoms with Crippen LogP contribution in [0, 0.1) is 11.7 Å². The number of hydrogen-bond donors (Lipinski definition) is 2. The summed E-state index contributed by atoms with van der Waals surface area (Å²) in [4.78, 5) is 28.8. The number of nitrogens with zero attached hydrogens (tertiary/aromatic N) is 1. The fourth-order valence-electron chi connectivity index (χ4n) is 4.23. The van der Waals surface area contributed by atoms with Gasteiger partial charge in [-0.2, -0.15) is 13.2 Å². The number of methoxy groups -OCH3 is 2. The number of pyridine rings is 1. The molecular formula is C23H24F4N2O6. The average Bonchev–Trinajstić information content (AvgIpc) is 3.10. The Morgan fingerprint density at radius 2 is 1.94 bits per heavy atom. The van der Waals surface area contributed by atoms with E-state index in [1.165, 1.54) is 38.4 Å². The molecule has 2 N–H and O–H groups in total. The Balaban J connectivity index is 2.08. The summed E-state index contributed by atoms with van der Waals surface area (Å²) in [7, 11) is 2.32. The van der Waals surface area contributed by atoms with E-state index in [0.717, 1.165) is 20.1 Å². The maximum absolute atomic E-state index is 14.2.